The summed E-state index contributed by atoms with van der Waals surface area (Å²) in [6.07, 6.45) is 3.46. The molecule has 3 nitrogen and oxygen atoms in total. The number of carboxylic acid groups (broad SMARTS) is 1. The molecule has 0 bridgehead atoms. The maximum Gasteiger partial charge on any atom is 0.324 e. The molecule has 2 atom stereocenters. The largest absolute Gasteiger partial charge is 0.480 e. The summed E-state index contributed by atoms with van der Waals surface area (Å²) >= 11 is 6.21. The van der Waals surface area contributed by atoms with Crippen LogP contribution >= 0.6 is 11.6 Å². The van der Waals surface area contributed by atoms with E-state index in [1.54, 1.807) is 0 Å². The van der Waals surface area contributed by atoms with Crippen LogP contribution in [0.1, 0.15) is 58.1 Å². The van der Waals surface area contributed by atoms with Gasteiger partial charge < -0.3 is 5.11 Å². The number of hydrogen-bond acceptors (Lipinski definition) is 2. The third-order valence-corrected chi connectivity index (χ3v) is 5.52. The molecule has 0 aromatic heterocycles. The maximum absolute atomic E-state index is 13.5. The number of fused-ring (bicyclic) bond motifs is 1. The smallest absolute Gasteiger partial charge is 0.324 e. The average molecular weight is 356 g/mol. The predicted octanol–water partition coefficient (Wildman–Crippen LogP) is 4.60. The van der Waals surface area contributed by atoms with Crippen LogP contribution in [0.25, 0.3) is 0 Å². The Bertz CT molecular complexity index is 627. The first kappa shape index (κ1) is 19.2. The van der Waals surface area contributed by atoms with Gasteiger partial charge in [-0.05, 0) is 54.4 Å². The lowest BCUT2D eigenvalue weighted by Crippen LogP contribution is -2.64. The summed E-state index contributed by atoms with van der Waals surface area (Å²) in [5.41, 5.74) is 0.453. The molecule has 0 amide bonds. The van der Waals surface area contributed by atoms with E-state index in [2.05, 4.69) is 5.32 Å². The Morgan fingerprint density at radius 2 is 2.08 bits per heavy atom. The molecule has 1 aromatic carbocycles. The highest BCUT2D eigenvalue weighted by Gasteiger charge is 2.49. The van der Waals surface area contributed by atoms with Crippen LogP contribution < -0.4 is 5.32 Å². The first-order valence-electron chi connectivity index (χ1n) is 8.58. The van der Waals surface area contributed by atoms with Crippen molar-refractivity contribution in [3.63, 3.8) is 0 Å². The number of hydrogen-bond donors (Lipinski definition) is 2. The van der Waals surface area contributed by atoms with Crippen LogP contribution in [0.3, 0.4) is 0 Å². The summed E-state index contributed by atoms with van der Waals surface area (Å²) < 4.78 is 13.5. The fraction of sp³-hybridized carbons (Fsp3) is 0.632. The Morgan fingerprint density at radius 3 is 2.62 bits per heavy atom. The summed E-state index contributed by atoms with van der Waals surface area (Å²) in [6, 6.07) is 2.89. The van der Waals surface area contributed by atoms with E-state index in [0.717, 1.165) is 24.0 Å². The van der Waals surface area contributed by atoms with Gasteiger partial charge in [-0.3, -0.25) is 10.1 Å². The minimum Gasteiger partial charge on any atom is -0.480 e. The van der Waals surface area contributed by atoms with E-state index in [1.807, 2.05) is 27.7 Å². The summed E-state index contributed by atoms with van der Waals surface area (Å²) in [7, 11) is 0. The van der Waals surface area contributed by atoms with E-state index in [4.69, 9.17) is 11.6 Å². The molecule has 0 heterocycles. The van der Waals surface area contributed by atoms with E-state index in [1.165, 1.54) is 12.1 Å². The molecule has 1 aliphatic rings. The predicted molar refractivity (Wildman–Crippen MR) is 95.1 cm³/mol. The number of carbonyl (C=O) groups is 1. The number of aryl methyl sites for hydroxylation is 1. The molecule has 0 saturated heterocycles. The van der Waals surface area contributed by atoms with Crippen LogP contribution in [0.5, 0.6) is 0 Å². The Labute approximate surface area is 148 Å². The van der Waals surface area contributed by atoms with E-state index in [-0.39, 0.29) is 11.9 Å². The third kappa shape index (κ3) is 3.60. The Kier molecular flexibility index (Phi) is 5.61. The summed E-state index contributed by atoms with van der Waals surface area (Å²) in [5.74, 6) is -1.13. The molecule has 134 valence electrons. The standard InChI is InChI=1S/C19H27ClFNO2/c1-5-8-19(17(23)24,18(2,3)4)22-14-7-6-12-9-13(21)10-16(20)15(12)11-14/h9-10,14,22H,5-8,11H2,1-4H3,(H,23,24)/t14-,19+/m0/s1. The van der Waals surface area contributed by atoms with E-state index < -0.39 is 16.9 Å². The molecule has 2 N–H and O–H groups in total. The molecule has 0 unspecified atom stereocenters. The Balaban J connectivity index is 2.30. The molecule has 0 aliphatic heterocycles. The molecule has 0 fully saturated rings. The van der Waals surface area contributed by atoms with Gasteiger partial charge in [0.05, 0.1) is 0 Å². The summed E-state index contributed by atoms with van der Waals surface area (Å²) in [6.45, 7) is 7.88. The lowest BCUT2D eigenvalue weighted by atomic mass is 9.69. The normalized spacial score (nSPS) is 20.3. The Hall–Kier alpha value is -1.13. The number of nitrogens with one attached hydrogen (secondary N) is 1. The number of benzene rings is 1. The van der Waals surface area contributed by atoms with Gasteiger partial charge in [-0.25, -0.2) is 4.39 Å². The fourth-order valence-corrected chi connectivity index (χ4v) is 4.09. The van der Waals surface area contributed by atoms with Gasteiger partial charge in [0.2, 0.25) is 0 Å². The van der Waals surface area contributed by atoms with Crippen LogP contribution in [0.2, 0.25) is 5.02 Å². The van der Waals surface area contributed by atoms with Crippen molar-refractivity contribution in [3.05, 3.63) is 34.1 Å². The van der Waals surface area contributed by atoms with E-state index >= 15 is 0 Å². The van der Waals surface area contributed by atoms with Gasteiger partial charge in [0.1, 0.15) is 11.4 Å². The summed E-state index contributed by atoms with van der Waals surface area (Å²) in [5, 5.41) is 13.8. The second kappa shape index (κ2) is 7.01. The highest BCUT2D eigenvalue weighted by atomic mass is 35.5. The zero-order valence-electron chi connectivity index (χ0n) is 14.9. The van der Waals surface area contributed by atoms with Crippen LogP contribution in [-0.2, 0) is 17.6 Å². The first-order chi connectivity index (χ1) is 11.1. The van der Waals surface area contributed by atoms with Gasteiger partial charge in [0.25, 0.3) is 0 Å². The van der Waals surface area contributed by atoms with Gasteiger partial charge in [-0.2, -0.15) is 0 Å². The molecule has 5 heteroatoms. The highest BCUT2D eigenvalue weighted by molar-refractivity contribution is 6.31. The van der Waals surface area contributed by atoms with Crippen molar-refractivity contribution in [2.45, 2.75) is 71.4 Å². The van der Waals surface area contributed by atoms with Crippen molar-refractivity contribution >= 4 is 17.6 Å². The van der Waals surface area contributed by atoms with E-state index in [9.17, 15) is 14.3 Å². The van der Waals surface area contributed by atoms with Crippen molar-refractivity contribution in [1.29, 1.82) is 0 Å². The van der Waals surface area contributed by atoms with Gasteiger partial charge in [0, 0.05) is 11.1 Å². The molecular formula is C19H27ClFNO2. The first-order valence-corrected chi connectivity index (χ1v) is 8.96. The van der Waals surface area contributed by atoms with Crippen molar-refractivity contribution in [3.8, 4) is 0 Å². The van der Waals surface area contributed by atoms with Crippen LogP contribution in [-0.4, -0.2) is 22.7 Å². The topological polar surface area (TPSA) is 49.3 Å². The van der Waals surface area contributed by atoms with Crippen molar-refractivity contribution in [2.75, 3.05) is 0 Å². The summed E-state index contributed by atoms with van der Waals surface area (Å²) in [4.78, 5) is 12.2. The molecule has 0 saturated carbocycles. The molecule has 1 aromatic rings. The number of carboxylic acids is 1. The molecule has 24 heavy (non-hydrogen) atoms. The molecule has 0 radical (unpaired) electrons. The number of halogens is 2. The van der Waals surface area contributed by atoms with Crippen LogP contribution in [0, 0.1) is 11.2 Å². The van der Waals surface area contributed by atoms with Crippen LogP contribution in [0.4, 0.5) is 4.39 Å². The third-order valence-electron chi connectivity index (χ3n) is 5.19. The van der Waals surface area contributed by atoms with Crippen molar-refractivity contribution < 1.29 is 14.3 Å². The quantitative estimate of drug-likeness (QED) is 0.811. The van der Waals surface area contributed by atoms with Crippen molar-refractivity contribution in [1.82, 2.24) is 5.32 Å². The molecule has 0 spiro atoms. The van der Waals surface area contributed by atoms with E-state index in [0.29, 0.717) is 24.3 Å². The number of aliphatic carboxylic acids is 1. The number of rotatable bonds is 5. The zero-order valence-corrected chi connectivity index (χ0v) is 15.6. The molecular weight excluding hydrogens is 329 g/mol. The van der Waals surface area contributed by atoms with Gasteiger partial charge in [-0.15, -0.1) is 0 Å². The van der Waals surface area contributed by atoms with Gasteiger partial charge >= 0.3 is 5.97 Å². The zero-order chi connectivity index (χ0) is 18.1. The minimum atomic E-state index is -0.990. The molecule has 1 aliphatic carbocycles. The van der Waals surface area contributed by atoms with Gasteiger partial charge in [0.15, 0.2) is 0 Å². The van der Waals surface area contributed by atoms with Gasteiger partial charge in [-0.1, -0.05) is 45.7 Å². The second-order valence-electron chi connectivity index (χ2n) is 7.82. The van der Waals surface area contributed by atoms with Crippen molar-refractivity contribution in [2.24, 2.45) is 5.41 Å². The highest BCUT2D eigenvalue weighted by Crippen LogP contribution is 2.37. The Morgan fingerprint density at radius 1 is 1.42 bits per heavy atom. The van der Waals surface area contributed by atoms with Crippen LogP contribution in [0.15, 0.2) is 12.1 Å². The average Bonchev–Trinajstić information content (AvgIpc) is 2.45. The maximum atomic E-state index is 13.5. The second-order valence-corrected chi connectivity index (χ2v) is 8.23. The SMILES string of the molecule is CCC[C@@](N[C@H]1CCc2cc(F)cc(Cl)c2C1)(C(=O)O)C(C)(C)C. The molecule has 2 rings (SSSR count). The fourth-order valence-electron chi connectivity index (χ4n) is 3.79. The minimum absolute atomic E-state index is 0.0161. The lowest BCUT2D eigenvalue weighted by molar-refractivity contribution is -0.151. The lowest BCUT2D eigenvalue weighted by Gasteiger charge is -2.45. The monoisotopic (exact) mass is 355 g/mol.